The summed E-state index contributed by atoms with van der Waals surface area (Å²) < 4.78 is 4.78. The van der Waals surface area contributed by atoms with E-state index in [-0.39, 0.29) is 24.9 Å². The van der Waals surface area contributed by atoms with Crippen LogP contribution < -0.4 is 0 Å². The van der Waals surface area contributed by atoms with Crippen molar-refractivity contribution < 1.29 is 19.4 Å². The van der Waals surface area contributed by atoms with Crippen molar-refractivity contribution in [2.24, 2.45) is 0 Å². The van der Waals surface area contributed by atoms with Crippen molar-refractivity contribution in [2.45, 2.75) is 32.8 Å². The third kappa shape index (κ3) is 5.85. The second kappa shape index (κ2) is 5.71. The van der Waals surface area contributed by atoms with Gasteiger partial charge in [-0.15, -0.1) is 0 Å². The van der Waals surface area contributed by atoms with E-state index in [1.165, 1.54) is 6.92 Å². The van der Waals surface area contributed by atoms with Gasteiger partial charge in [-0.3, -0.25) is 9.59 Å². The average molecular weight is 174 g/mol. The number of aliphatic hydroxyl groups is 1. The molecular weight excluding hydrogens is 160 g/mol. The second-order valence-corrected chi connectivity index (χ2v) is 2.69. The summed E-state index contributed by atoms with van der Waals surface area (Å²) in [7, 11) is 0. The van der Waals surface area contributed by atoms with E-state index >= 15 is 0 Å². The standard InChI is InChI=1S/C8H14O4/c1-6(10)5-8(11)12-7(2)3-4-9/h7,9H,3-5H2,1-2H3/t7-/m1/s1. The highest BCUT2D eigenvalue weighted by atomic mass is 16.5. The molecule has 0 unspecified atom stereocenters. The maximum Gasteiger partial charge on any atom is 0.313 e. The number of rotatable bonds is 5. The Kier molecular flexibility index (Phi) is 5.28. The van der Waals surface area contributed by atoms with Crippen LogP contribution in [0.3, 0.4) is 0 Å². The minimum Gasteiger partial charge on any atom is -0.462 e. The Balaban J connectivity index is 3.61. The van der Waals surface area contributed by atoms with Crippen LogP contribution in [0.15, 0.2) is 0 Å². The van der Waals surface area contributed by atoms with Gasteiger partial charge in [0.15, 0.2) is 0 Å². The number of ether oxygens (including phenoxy) is 1. The van der Waals surface area contributed by atoms with Gasteiger partial charge in [-0.25, -0.2) is 0 Å². The van der Waals surface area contributed by atoms with Gasteiger partial charge < -0.3 is 9.84 Å². The lowest BCUT2D eigenvalue weighted by Gasteiger charge is -2.10. The Hall–Kier alpha value is -0.900. The highest BCUT2D eigenvalue weighted by Crippen LogP contribution is 1.98. The van der Waals surface area contributed by atoms with Crippen molar-refractivity contribution in [3.8, 4) is 0 Å². The van der Waals surface area contributed by atoms with Gasteiger partial charge in [0, 0.05) is 13.0 Å². The van der Waals surface area contributed by atoms with Gasteiger partial charge in [-0.2, -0.15) is 0 Å². The zero-order valence-corrected chi connectivity index (χ0v) is 7.37. The highest BCUT2D eigenvalue weighted by molar-refractivity contribution is 5.94. The molecule has 0 aliphatic carbocycles. The second-order valence-electron chi connectivity index (χ2n) is 2.69. The van der Waals surface area contributed by atoms with Crippen LogP contribution in [0.2, 0.25) is 0 Å². The molecule has 4 heteroatoms. The molecule has 0 heterocycles. The molecule has 0 spiro atoms. The van der Waals surface area contributed by atoms with Crippen LogP contribution >= 0.6 is 0 Å². The Bertz CT molecular complexity index is 164. The summed E-state index contributed by atoms with van der Waals surface area (Å²) in [6, 6.07) is 0. The van der Waals surface area contributed by atoms with Gasteiger partial charge in [0.1, 0.15) is 18.3 Å². The van der Waals surface area contributed by atoms with Crippen molar-refractivity contribution in [2.75, 3.05) is 6.61 Å². The fourth-order valence-corrected chi connectivity index (χ4v) is 0.710. The van der Waals surface area contributed by atoms with E-state index in [0.717, 1.165) is 0 Å². The number of aliphatic hydroxyl groups excluding tert-OH is 1. The summed E-state index contributed by atoms with van der Waals surface area (Å²) in [5.41, 5.74) is 0. The normalized spacial score (nSPS) is 12.2. The molecule has 1 N–H and O–H groups in total. The van der Waals surface area contributed by atoms with Gasteiger partial charge in [0.2, 0.25) is 0 Å². The van der Waals surface area contributed by atoms with Crippen LogP contribution in [0.5, 0.6) is 0 Å². The molecule has 70 valence electrons. The molecule has 0 aliphatic rings. The zero-order valence-electron chi connectivity index (χ0n) is 7.37. The van der Waals surface area contributed by atoms with E-state index in [9.17, 15) is 9.59 Å². The number of esters is 1. The molecule has 0 rings (SSSR count). The summed E-state index contributed by atoms with van der Waals surface area (Å²) in [6.07, 6.45) is -0.0961. The first-order valence-corrected chi connectivity index (χ1v) is 3.86. The first kappa shape index (κ1) is 11.1. The van der Waals surface area contributed by atoms with Crippen molar-refractivity contribution >= 4 is 11.8 Å². The van der Waals surface area contributed by atoms with E-state index < -0.39 is 5.97 Å². The van der Waals surface area contributed by atoms with Crippen LogP contribution in [-0.4, -0.2) is 29.6 Å². The third-order valence-corrected chi connectivity index (χ3v) is 1.26. The van der Waals surface area contributed by atoms with Crippen LogP contribution in [0, 0.1) is 0 Å². The molecule has 0 saturated carbocycles. The number of carbonyl (C=O) groups excluding carboxylic acids is 2. The highest BCUT2D eigenvalue weighted by Gasteiger charge is 2.10. The molecule has 4 nitrogen and oxygen atoms in total. The van der Waals surface area contributed by atoms with E-state index in [1.54, 1.807) is 6.92 Å². The number of hydrogen-bond acceptors (Lipinski definition) is 4. The third-order valence-electron chi connectivity index (χ3n) is 1.26. The molecule has 0 aliphatic heterocycles. The molecule has 1 atom stereocenters. The van der Waals surface area contributed by atoms with E-state index in [2.05, 4.69) is 0 Å². The van der Waals surface area contributed by atoms with E-state index in [4.69, 9.17) is 9.84 Å². The summed E-state index contributed by atoms with van der Waals surface area (Å²) in [5.74, 6) is -0.736. The predicted octanol–water partition coefficient (Wildman–Crippen LogP) is 0.280. The predicted molar refractivity (Wildman–Crippen MR) is 42.6 cm³/mol. The van der Waals surface area contributed by atoms with Crippen molar-refractivity contribution in [1.82, 2.24) is 0 Å². The summed E-state index contributed by atoms with van der Waals surface area (Å²) in [5, 5.41) is 8.47. The average Bonchev–Trinajstić information content (AvgIpc) is 1.84. The molecule has 0 radical (unpaired) electrons. The van der Waals surface area contributed by atoms with Crippen molar-refractivity contribution in [3.63, 3.8) is 0 Å². The molecule has 0 saturated heterocycles. The summed E-state index contributed by atoms with van der Waals surface area (Å²) in [6.45, 7) is 2.99. The van der Waals surface area contributed by atoms with Gasteiger partial charge in [-0.05, 0) is 13.8 Å². The lowest BCUT2D eigenvalue weighted by molar-refractivity contribution is -0.150. The molecule has 0 amide bonds. The van der Waals surface area contributed by atoms with Gasteiger partial charge in [-0.1, -0.05) is 0 Å². The smallest absolute Gasteiger partial charge is 0.313 e. The summed E-state index contributed by atoms with van der Waals surface area (Å²) >= 11 is 0. The number of carbonyl (C=O) groups is 2. The SMILES string of the molecule is CC(=O)CC(=O)O[C@H](C)CCO. The van der Waals surface area contributed by atoms with E-state index in [1.807, 2.05) is 0 Å². The maximum atomic E-state index is 10.8. The number of ketones is 1. The monoisotopic (exact) mass is 174 g/mol. The first-order valence-electron chi connectivity index (χ1n) is 3.86. The van der Waals surface area contributed by atoms with Crippen LogP contribution in [0.1, 0.15) is 26.7 Å². The zero-order chi connectivity index (χ0) is 9.56. The lowest BCUT2D eigenvalue weighted by Crippen LogP contribution is -2.17. The molecule has 0 bridgehead atoms. The minimum atomic E-state index is -0.525. The molecule has 0 aromatic heterocycles. The molecular formula is C8H14O4. The van der Waals surface area contributed by atoms with Crippen molar-refractivity contribution in [1.29, 1.82) is 0 Å². The fourth-order valence-electron chi connectivity index (χ4n) is 0.710. The summed E-state index contributed by atoms with van der Waals surface area (Å²) in [4.78, 5) is 21.3. The van der Waals surface area contributed by atoms with Gasteiger partial charge in [0.05, 0.1) is 0 Å². The quantitative estimate of drug-likeness (QED) is 0.480. The Morgan fingerprint density at radius 1 is 1.50 bits per heavy atom. The Morgan fingerprint density at radius 3 is 2.50 bits per heavy atom. The lowest BCUT2D eigenvalue weighted by atomic mass is 10.3. The van der Waals surface area contributed by atoms with Gasteiger partial charge in [0.25, 0.3) is 0 Å². The Morgan fingerprint density at radius 2 is 2.08 bits per heavy atom. The van der Waals surface area contributed by atoms with Gasteiger partial charge >= 0.3 is 5.97 Å². The Labute approximate surface area is 71.5 Å². The van der Waals surface area contributed by atoms with Crippen molar-refractivity contribution in [3.05, 3.63) is 0 Å². The molecule has 0 aromatic rings. The first-order chi connectivity index (χ1) is 5.56. The maximum absolute atomic E-state index is 10.8. The van der Waals surface area contributed by atoms with Crippen LogP contribution in [-0.2, 0) is 14.3 Å². The largest absolute Gasteiger partial charge is 0.462 e. The number of hydrogen-bond donors (Lipinski definition) is 1. The molecule has 12 heavy (non-hydrogen) atoms. The van der Waals surface area contributed by atoms with E-state index in [0.29, 0.717) is 6.42 Å². The topological polar surface area (TPSA) is 63.6 Å². The molecule has 0 aromatic carbocycles. The van der Waals surface area contributed by atoms with Crippen LogP contribution in [0.25, 0.3) is 0 Å². The molecule has 0 fully saturated rings. The minimum absolute atomic E-state index is 0.0193. The van der Waals surface area contributed by atoms with Crippen LogP contribution in [0.4, 0.5) is 0 Å². The fraction of sp³-hybridized carbons (Fsp3) is 0.750. The number of Topliss-reactive ketones (excluding diaryl/α,β-unsaturated/α-hetero) is 1.